The summed E-state index contributed by atoms with van der Waals surface area (Å²) in [5.41, 5.74) is 11.5. The van der Waals surface area contributed by atoms with Crippen LogP contribution in [-0.4, -0.2) is 56.8 Å². The molecule has 102 heavy (non-hydrogen) atoms. The minimum absolute atomic E-state index is 0.00617. The van der Waals surface area contributed by atoms with Gasteiger partial charge in [0.1, 0.15) is 46.0 Å². The molecule has 0 atom stereocenters. The fourth-order valence-corrected chi connectivity index (χ4v) is 13.3. The van der Waals surface area contributed by atoms with Gasteiger partial charge < -0.3 is 28.4 Å². The van der Waals surface area contributed by atoms with Crippen molar-refractivity contribution in [1.82, 2.24) is 0 Å². The average molecular weight is 1400 g/mol. The van der Waals surface area contributed by atoms with Gasteiger partial charge in [0.2, 0.25) is 19.7 Å². The number of methoxy groups -OCH3 is 4. The van der Waals surface area contributed by atoms with Crippen molar-refractivity contribution in [2.75, 3.05) is 28.4 Å². The zero-order valence-corrected chi connectivity index (χ0v) is 61.1. The van der Waals surface area contributed by atoms with E-state index in [1.807, 2.05) is 137 Å². The number of rotatable bonds is 20. The highest BCUT2D eigenvalue weighted by Gasteiger charge is 2.26. The maximum Gasteiger partial charge on any atom is 0.206 e. The first-order valence-corrected chi connectivity index (χ1v) is 36.0. The molecule has 12 rings (SSSR count). The van der Waals surface area contributed by atoms with E-state index in [0.717, 1.165) is 50.8 Å². The van der Waals surface area contributed by atoms with Gasteiger partial charge in [-0.05, 0) is 220 Å². The fraction of sp³-hybridized carbons (Fsp3) is 0.159. The molecular weight excluding hydrogens is 1310 g/mol. The Balaban J connectivity index is 0.000000165. The monoisotopic (exact) mass is 1400 g/mol. The van der Waals surface area contributed by atoms with E-state index in [4.69, 9.17) is 28.4 Å². The molecule has 0 saturated carbocycles. The second kappa shape index (κ2) is 33.7. The molecule has 0 radical (unpaired) electrons. The zero-order valence-electron chi connectivity index (χ0n) is 59.4. The third-order valence-corrected chi connectivity index (χ3v) is 21.1. The Hall–Kier alpha value is -11.3. The molecule has 14 heteroatoms. The fourth-order valence-electron chi connectivity index (χ4n) is 10.8. The van der Waals surface area contributed by atoms with Crippen molar-refractivity contribution in [2.24, 2.45) is 0 Å². The molecule has 0 N–H and O–H groups in total. The summed E-state index contributed by atoms with van der Waals surface area (Å²) in [4.78, 5) is 25.9. The number of hydrogen-bond acceptors (Lipinski definition) is 12. The molecule has 520 valence electrons. The lowest BCUT2D eigenvalue weighted by Crippen LogP contribution is -2.18. The van der Waals surface area contributed by atoms with Gasteiger partial charge in [-0.15, -0.1) is 0 Å². The molecule has 0 aliphatic rings. The van der Waals surface area contributed by atoms with Crippen LogP contribution in [0.4, 0.5) is 0 Å². The Kier molecular flexibility index (Phi) is 24.7. The summed E-state index contributed by atoms with van der Waals surface area (Å²) >= 11 is 0. The second-order valence-corrected chi connectivity index (χ2v) is 29.3. The van der Waals surface area contributed by atoms with Crippen LogP contribution < -0.4 is 28.4 Å². The number of hydrogen-bond donors (Lipinski definition) is 0. The van der Waals surface area contributed by atoms with Gasteiger partial charge in [-0.2, -0.15) is 0 Å². The summed E-state index contributed by atoms with van der Waals surface area (Å²) in [6.45, 7) is 16.6. The van der Waals surface area contributed by atoms with Gasteiger partial charge >= 0.3 is 0 Å². The van der Waals surface area contributed by atoms with Crippen molar-refractivity contribution >= 4 is 31.2 Å². The van der Waals surface area contributed by atoms with Crippen molar-refractivity contribution in [1.29, 1.82) is 0 Å². The van der Waals surface area contributed by atoms with E-state index in [2.05, 4.69) is 76.2 Å². The third-order valence-electron chi connectivity index (χ3n) is 17.5. The first-order chi connectivity index (χ1) is 48.8. The summed E-state index contributed by atoms with van der Waals surface area (Å²) in [6.07, 6.45) is 0. The summed E-state index contributed by atoms with van der Waals surface area (Å²) in [6, 6.07) is 88.5. The van der Waals surface area contributed by atoms with Crippen molar-refractivity contribution in [3.05, 3.63) is 358 Å². The van der Waals surface area contributed by atoms with Crippen molar-refractivity contribution in [3.63, 3.8) is 0 Å². The Morgan fingerprint density at radius 1 is 0.235 bits per heavy atom. The zero-order chi connectivity index (χ0) is 73.2. The van der Waals surface area contributed by atoms with Crippen LogP contribution in [0.25, 0.3) is 0 Å². The highest BCUT2D eigenvalue weighted by Crippen LogP contribution is 2.37. The second-order valence-electron chi connectivity index (χ2n) is 25.4. The molecule has 12 nitrogen and oxygen atoms in total. The van der Waals surface area contributed by atoms with Gasteiger partial charge in [0, 0.05) is 33.1 Å². The number of carbonyl (C=O) groups is 2. The molecule has 0 unspecified atom stereocenters. The number of ether oxygens (including phenoxy) is 6. The summed E-state index contributed by atoms with van der Waals surface area (Å²) in [5.74, 6) is 5.82. The minimum atomic E-state index is -3.56. The number of carbonyl (C=O) groups excluding carboxylic acids is 2. The molecule has 0 bridgehead atoms. The lowest BCUT2D eigenvalue weighted by Gasteiger charge is -2.26. The molecule has 12 aromatic carbocycles. The molecule has 0 aliphatic carbocycles. The van der Waals surface area contributed by atoms with Gasteiger partial charge in [0.25, 0.3) is 0 Å². The number of aryl methyl sites for hydroxylation is 4. The van der Waals surface area contributed by atoms with Gasteiger partial charge in [-0.25, -0.2) is 16.8 Å². The summed E-state index contributed by atoms with van der Waals surface area (Å²) in [7, 11) is -0.508. The third kappa shape index (κ3) is 19.2. The first kappa shape index (κ1) is 74.9. The summed E-state index contributed by atoms with van der Waals surface area (Å²) < 4.78 is 82.9. The van der Waals surface area contributed by atoms with E-state index in [1.165, 1.54) is 16.7 Å². The highest BCUT2D eigenvalue weighted by molar-refractivity contribution is 7.91. The Bertz CT molecular complexity index is 4940. The van der Waals surface area contributed by atoms with Crippen LogP contribution >= 0.6 is 0 Å². The lowest BCUT2D eigenvalue weighted by molar-refractivity contribution is 0.103. The average Bonchev–Trinajstić information content (AvgIpc) is 0.822. The topological polar surface area (TPSA) is 158 Å². The van der Waals surface area contributed by atoms with E-state index >= 15 is 0 Å². The largest absolute Gasteiger partial charge is 0.497 e. The van der Waals surface area contributed by atoms with E-state index < -0.39 is 19.7 Å². The number of ketones is 2. The predicted molar refractivity (Wildman–Crippen MR) is 405 cm³/mol. The molecule has 0 spiro atoms. The van der Waals surface area contributed by atoms with E-state index in [1.54, 1.807) is 162 Å². The van der Waals surface area contributed by atoms with Crippen LogP contribution in [0, 0.1) is 27.7 Å². The molecule has 0 aromatic heterocycles. The van der Waals surface area contributed by atoms with Gasteiger partial charge in [-0.1, -0.05) is 171 Å². The van der Waals surface area contributed by atoms with Crippen LogP contribution in [-0.2, 0) is 30.5 Å². The molecule has 0 heterocycles. The van der Waals surface area contributed by atoms with Crippen LogP contribution in [0.5, 0.6) is 46.0 Å². The molecule has 12 aromatic rings. The van der Waals surface area contributed by atoms with Crippen molar-refractivity contribution in [3.8, 4) is 46.0 Å². The highest BCUT2D eigenvalue weighted by atomic mass is 32.2. The lowest BCUT2D eigenvalue weighted by atomic mass is 9.78. The number of benzene rings is 12. The van der Waals surface area contributed by atoms with Gasteiger partial charge in [0.05, 0.1) is 48.0 Å². The Morgan fingerprint density at radius 2 is 0.392 bits per heavy atom. The van der Waals surface area contributed by atoms with E-state index in [0.29, 0.717) is 50.1 Å². The first-order valence-electron chi connectivity index (χ1n) is 33.0. The van der Waals surface area contributed by atoms with Crippen molar-refractivity contribution in [2.45, 2.75) is 85.8 Å². The molecule has 0 aliphatic heterocycles. The summed E-state index contributed by atoms with van der Waals surface area (Å²) in [5, 5.41) is 0. The maximum atomic E-state index is 12.9. The van der Waals surface area contributed by atoms with Crippen LogP contribution in [0.3, 0.4) is 0 Å². The van der Waals surface area contributed by atoms with Crippen molar-refractivity contribution < 1.29 is 54.8 Å². The quantitative estimate of drug-likeness (QED) is 0.0666. The standard InChI is InChI=1S/C30H28O3.C29H28O4S.C15H14O2.C14H14O3S/c1-21-5-7-22(8-6-21)29(31)23-9-15-27(16-10-23)33-28-19-13-25(14-20-28)30(2,3)24-11-17-26(32-4)18-12-24;1-21-5-17-27(18-6-21)34(30,31)28-19-15-26(16-20-28)33-25-13-9-23(10-14-25)29(2,3)22-7-11-24(32-4)12-8-22;1-11-3-5-12(6-4-11)15(16)13-7-9-14(17-2)10-8-13;1-11-3-7-13(8-4-11)18(15,16)14-9-5-12(17-2)6-10-14/h5-20H,1-4H3;5-20H,1-4H3;3-10H,1-2H3;3-10H,1-2H3. The molecular formula is C88H84O12S2. The Morgan fingerprint density at radius 3 is 0.618 bits per heavy atom. The van der Waals surface area contributed by atoms with Crippen LogP contribution in [0.15, 0.2) is 311 Å². The number of sulfone groups is 2. The van der Waals surface area contributed by atoms with Crippen LogP contribution in [0.1, 0.15) is 104 Å². The normalized spacial score (nSPS) is 11.2. The minimum Gasteiger partial charge on any atom is -0.497 e. The Labute approximate surface area is 600 Å². The van der Waals surface area contributed by atoms with E-state index in [9.17, 15) is 26.4 Å². The predicted octanol–water partition coefficient (Wildman–Crippen LogP) is 20.4. The maximum absolute atomic E-state index is 12.9. The van der Waals surface area contributed by atoms with Crippen LogP contribution in [0.2, 0.25) is 0 Å². The molecule has 0 saturated heterocycles. The molecule has 0 amide bonds. The molecule has 0 fully saturated rings. The van der Waals surface area contributed by atoms with E-state index in [-0.39, 0.29) is 37.1 Å². The van der Waals surface area contributed by atoms with Gasteiger partial charge in [-0.3, -0.25) is 9.59 Å². The van der Waals surface area contributed by atoms with Gasteiger partial charge in [0.15, 0.2) is 11.6 Å². The SMILES string of the molecule is COc1ccc(C(=O)c2ccc(C)cc2)cc1.COc1ccc(C(C)(C)c2ccc(Oc3ccc(C(=O)c4ccc(C)cc4)cc3)cc2)cc1.COc1ccc(C(C)(C)c2ccc(Oc3ccc(S(=O)(=O)c4ccc(C)cc4)cc3)cc2)cc1.COc1ccc(S(=O)(=O)c2ccc(C)cc2)cc1. The smallest absolute Gasteiger partial charge is 0.206 e.